The predicted molar refractivity (Wildman–Crippen MR) is 70.5 cm³/mol. The SMILES string of the molecule is Cl.Cl.Cl.NCCCCC(N)C(=O)O.[H-].[H-].[H-].[H-].[K+].[Mg+2].[Na+]. The first-order chi connectivity index (χ1) is 4.68. The van der Waals surface area contributed by atoms with E-state index in [9.17, 15) is 4.79 Å². The van der Waals surface area contributed by atoms with Crippen molar-refractivity contribution >= 4 is 66.2 Å². The van der Waals surface area contributed by atoms with Crippen LogP contribution >= 0.6 is 37.2 Å². The zero-order valence-electron chi connectivity index (χ0n) is 13.8. The van der Waals surface area contributed by atoms with Crippen molar-refractivity contribution < 1.29 is 96.5 Å². The summed E-state index contributed by atoms with van der Waals surface area (Å²) in [6.45, 7) is 0.604. The summed E-state index contributed by atoms with van der Waals surface area (Å²) in [5, 5.41) is 8.33. The average Bonchev–Trinajstić information content (AvgIpc) is 1.88. The largest absolute Gasteiger partial charge is 2.00 e. The Labute approximate surface area is 202 Å². The number of carboxylic acid groups (broad SMARTS) is 1. The molecule has 5 N–H and O–H groups in total. The van der Waals surface area contributed by atoms with Gasteiger partial charge >= 0.3 is 110 Å². The van der Waals surface area contributed by atoms with Crippen molar-refractivity contribution in [2.24, 2.45) is 11.5 Å². The standard InChI is InChI=1S/C6H14N2O2.3ClH.K.Mg.Na.4H/c7-4-2-1-3-5(8)6(9)10;;;;;;;;;;/h5H,1-4,7-8H2,(H,9,10);3*1H;;;;;;;/q;;;;+1;+2;+1;4*-1. The summed E-state index contributed by atoms with van der Waals surface area (Å²) in [5.74, 6) is -0.933. The van der Waals surface area contributed by atoms with Gasteiger partial charge in [0, 0.05) is 0 Å². The summed E-state index contributed by atoms with van der Waals surface area (Å²) < 4.78 is 0. The van der Waals surface area contributed by atoms with Crippen molar-refractivity contribution in [2.45, 2.75) is 25.3 Å². The van der Waals surface area contributed by atoms with Crippen LogP contribution in [-0.4, -0.2) is 46.7 Å². The molecule has 10 heteroatoms. The fraction of sp³-hybridized carbons (Fsp3) is 0.833. The molecule has 0 aromatic carbocycles. The molecule has 0 bridgehead atoms. The van der Waals surface area contributed by atoms with E-state index in [0.717, 1.165) is 12.8 Å². The molecule has 0 fully saturated rings. The third kappa shape index (κ3) is 30.6. The summed E-state index contributed by atoms with van der Waals surface area (Å²) in [7, 11) is 0. The van der Waals surface area contributed by atoms with E-state index < -0.39 is 12.0 Å². The molecule has 0 amide bonds. The molecule has 0 aromatic heterocycles. The van der Waals surface area contributed by atoms with E-state index >= 15 is 0 Å². The Balaban J connectivity index is -0.00000000900. The number of rotatable bonds is 5. The Hall–Kier alpha value is 3.66. The zero-order chi connectivity index (χ0) is 7.98. The second-order valence-electron chi connectivity index (χ2n) is 2.23. The molecule has 0 aliphatic carbocycles. The minimum absolute atomic E-state index is 0. The van der Waals surface area contributed by atoms with E-state index in [-0.39, 0.29) is 147 Å². The molecule has 0 spiro atoms. The average molecular weight is 346 g/mol. The Morgan fingerprint density at radius 2 is 1.62 bits per heavy atom. The van der Waals surface area contributed by atoms with Gasteiger partial charge in [0.25, 0.3) is 0 Å². The minimum atomic E-state index is -0.933. The number of carboxylic acids is 1. The zero-order valence-corrected chi connectivity index (χ0v) is 18.8. The number of aliphatic carboxylic acids is 1. The Morgan fingerprint density at radius 3 is 1.88 bits per heavy atom. The molecule has 4 nitrogen and oxygen atoms in total. The van der Waals surface area contributed by atoms with Gasteiger partial charge in [0.05, 0.1) is 0 Å². The fourth-order valence-electron chi connectivity index (χ4n) is 0.632. The number of unbranched alkanes of at least 4 members (excludes halogenated alkanes) is 1. The van der Waals surface area contributed by atoms with E-state index in [1.165, 1.54) is 0 Å². The van der Waals surface area contributed by atoms with Crippen LogP contribution in [0.5, 0.6) is 0 Å². The molecule has 0 aromatic rings. The van der Waals surface area contributed by atoms with Crippen LogP contribution in [0, 0.1) is 0 Å². The molecule has 16 heavy (non-hydrogen) atoms. The third-order valence-corrected chi connectivity index (χ3v) is 1.29. The van der Waals surface area contributed by atoms with Crippen LogP contribution < -0.4 is 92.4 Å². The fourth-order valence-corrected chi connectivity index (χ4v) is 0.632. The Morgan fingerprint density at radius 1 is 1.25 bits per heavy atom. The van der Waals surface area contributed by atoms with Crippen molar-refractivity contribution in [1.82, 2.24) is 0 Å². The molecule has 0 aliphatic rings. The molecule has 0 aliphatic heterocycles. The van der Waals surface area contributed by atoms with Gasteiger partial charge in [-0.25, -0.2) is 0 Å². The van der Waals surface area contributed by atoms with Gasteiger partial charge in [-0.2, -0.15) is 0 Å². The van der Waals surface area contributed by atoms with Gasteiger partial charge in [0.2, 0.25) is 0 Å². The number of nitrogens with two attached hydrogens (primary N) is 2. The van der Waals surface area contributed by atoms with Crippen LogP contribution in [0.1, 0.15) is 25.0 Å². The molecule has 0 radical (unpaired) electrons. The van der Waals surface area contributed by atoms with Gasteiger partial charge in [-0.1, -0.05) is 6.42 Å². The van der Waals surface area contributed by atoms with Gasteiger partial charge < -0.3 is 22.3 Å². The third-order valence-electron chi connectivity index (χ3n) is 1.29. The van der Waals surface area contributed by atoms with Crippen molar-refractivity contribution in [3.8, 4) is 0 Å². The molecule has 92 valence electrons. The maximum Gasteiger partial charge on any atom is 2.00 e. The second-order valence-corrected chi connectivity index (χ2v) is 2.23. The first-order valence-corrected chi connectivity index (χ1v) is 3.37. The maximum absolute atomic E-state index is 10.1. The minimum Gasteiger partial charge on any atom is -1.00 e. The molecule has 0 rings (SSSR count). The molecule has 1 atom stereocenters. The Kier molecular flexibility index (Phi) is 83.3. The molecule has 0 heterocycles. The Bertz CT molecular complexity index is 146. The van der Waals surface area contributed by atoms with E-state index in [2.05, 4.69) is 0 Å². The van der Waals surface area contributed by atoms with Crippen LogP contribution in [0.4, 0.5) is 0 Å². The molecule has 0 saturated carbocycles. The summed E-state index contributed by atoms with van der Waals surface area (Å²) in [4.78, 5) is 10.1. The van der Waals surface area contributed by atoms with Crippen LogP contribution in [0.2, 0.25) is 0 Å². The monoisotopic (exact) mass is 344 g/mol. The molecular weight excluding hydrogens is 325 g/mol. The number of halogens is 3. The van der Waals surface area contributed by atoms with Gasteiger partial charge in [-0.3, -0.25) is 4.79 Å². The van der Waals surface area contributed by atoms with Crippen molar-refractivity contribution in [2.75, 3.05) is 6.54 Å². The van der Waals surface area contributed by atoms with Crippen LogP contribution in [0.3, 0.4) is 0 Å². The first-order valence-electron chi connectivity index (χ1n) is 3.37. The van der Waals surface area contributed by atoms with E-state index in [0.29, 0.717) is 13.0 Å². The molecular formula is C6H21Cl3KMgN2NaO2. The van der Waals surface area contributed by atoms with Crippen LogP contribution in [0.15, 0.2) is 0 Å². The maximum atomic E-state index is 10.1. The van der Waals surface area contributed by atoms with Gasteiger partial charge in [-0.05, 0) is 19.4 Å². The summed E-state index contributed by atoms with van der Waals surface area (Å²) in [6.07, 6.45) is 2.16. The first kappa shape index (κ1) is 42.7. The van der Waals surface area contributed by atoms with Crippen LogP contribution in [0.25, 0.3) is 0 Å². The predicted octanol–water partition coefficient (Wildman–Crippen LogP) is -5.13. The number of hydrogen-bond donors (Lipinski definition) is 3. The smallest absolute Gasteiger partial charge is 1.00 e. The summed E-state index contributed by atoms with van der Waals surface area (Å²) in [6, 6.07) is -0.716. The van der Waals surface area contributed by atoms with Gasteiger partial charge in [0.15, 0.2) is 0 Å². The van der Waals surface area contributed by atoms with E-state index in [1.54, 1.807) is 0 Å². The van der Waals surface area contributed by atoms with Crippen molar-refractivity contribution in [3.63, 3.8) is 0 Å². The second kappa shape index (κ2) is 31.2. The number of hydrogen-bond acceptors (Lipinski definition) is 3. The molecule has 0 saturated heterocycles. The van der Waals surface area contributed by atoms with Crippen LogP contribution in [-0.2, 0) is 4.79 Å². The number of carbonyl (C=O) groups is 1. The molecule has 1 unspecified atom stereocenters. The summed E-state index contributed by atoms with van der Waals surface area (Å²) >= 11 is 0. The quantitative estimate of drug-likeness (QED) is 0.343. The van der Waals surface area contributed by atoms with E-state index in [1.807, 2.05) is 0 Å². The van der Waals surface area contributed by atoms with Gasteiger partial charge in [-0.15, -0.1) is 37.2 Å². The van der Waals surface area contributed by atoms with Crippen molar-refractivity contribution in [3.05, 3.63) is 0 Å². The summed E-state index contributed by atoms with van der Waals surface area (Å²) in [5.41, 5.74) is 10.4. The normalized spacial score (nSPS) is 8.12. The topological polar surface area (TPSA) is 89.3 Å². The van der Waals surface area contributed by atoms with E-state index in [4.69, 9.17) is 16.6 Å². The van der Waals surface area contributed by atoms with Crippen molar-refractivity contribution in [1.29, 1.82) is 0 Å². The van der Waals surface area contributed by atoms with Gasteiger partial charge in [0.1, 0.15) is 6.04 Å².